The molecule has 1 fully saturated rings. The molecule has 1 aliphatic heterocycles. The highest BCUT2D eigenvalue weighted by atomic mass is 28.4. The fourth-order valence-corrected chi connectivity index (χ4v) is 11.7. The summed E-state index contributed by atoms with van der Waals surface area (Å²) in [6, 6.07) is 52.0. The van der Waals surface area contributed by atoms with Crippen LogP contribution in [0.1, 0.15) is 50.3 Å². The van der Waals surface area contributed by atoms with Gasteiger partial charge in [0.1, 0.15) is 12.2 Å². The highest BCUT2D eigenvalue weighted by Crippen LogP contribution is 2.43. The van der Waals surface area contributed by atoms with Gasteiger partial charge in [-0.25, -0.2) is 0 Å². The second kappa shape index (κ2) is 13.5. The van der Waals surface area contributed by atoms with E-state index in [0.717, 1.165) is 16.7 Å². The SMILES string of the molecule is CC(C)(C)[Si](O[C@H]1CCO[C@](O)(COC(c2ccccc2)(c2ccccc2)c2ccccc2)C1)(c1ccccc1)c1ccccc1. The fourth-order valence-electron chi connectivity index (χ4n) is 7.03. The molecular weight excluding hydrogens is 585 g/mol. The quantitative estimate of drug-likeness (QED) is 0.129. The summed E-state index contributed by atoms with van der Waals surface area (Å²) in [6.07, 6.45) is 0.758. The Morgan fingerprint density at radius 1 is 0.652 bits per heavy atom. The van der Waals surface area contributed by atoms with Gasteiger partial charge in [-0.1, -0.05) is 172 Å². The standard InChI is InChI=1S/C41H44O4Si/c1-39(2,3)46(37-25-15-7-16-26-37,38-27-17-8-18-28-38)45-36-29-30-43-40(42,31-36)32-44-41(33-19-9-4-10-20-33,34-21-11-5-12-22-34)35-23-13-6-14-24-35/h4-28,36,42H,29-32H2,1-3H3/t36-,40-/m0/s1. The molecule has 2 atom stereocenters. The first-order chi connectivity index (χ1) is 22.3. The van der Waals surface area contributed by atoms with E-state index >= 15 is 0 Å². The fraction of sp³-hybridized carbons (Fsp3) is 0.268. The first-order valence-corrected chi connectivity index (χ1v) is 18.1. The Labute approximate surface area is 274 Å². The molecule has 1 N–H and O–H groups in total. The Balaban J connectivity index is 1.36. The Morgan fingerprint density at radius 3 is 1.43 bits per heavy atom. The molecule has 1 heterocycles. The van der Waals surface area contributed by atoms with Gasteiger partial charge in [0.25, 0.3) is 8.32 Å². The average Bonchev–Trinajstić information content (AvgIpc) is 3.09. The highest BCUT2D eigenvalue weighted by Gasteiger charge is 2.53. The Kier molecular flexibility index (Phi) is 9.41. The van der Waals surface area contributed by atoms with Crippen LogP contribution in [0.15, 0.2) is 152 Å². The lowest BCUT2D eigenvalue weighted by Gasteiger charge is -2.48. The van der Waals surface area contributed by atoms with Crippen LogP contribution in [0.3, 0.4) is 0 Å². The van der Waals surface area contributed by atoms with Crippen molar-refractivity contribution in [2.45, 2.75) is 56.1 Å². The summed E-state index contributed by atoms with van der Waals surface area (Å²) in [6.45, 7) is 7.18. The molecule has 1 aliphatic rings. The molecule has 0 unspecified atom stereocenters. The monoisotopic (exact) mass is 628 g/mol. The molecule has 5 heteroatoms. The minimum absolute atomic E-state index is 0.0354. The number of hydrogen-bond donors (Lipinski definition) is 1. The molecule has 0 radical (unpaired) electrons. The second-order valence-electron chi connectivity index (χ2n) is 13.3. The normalized spacial score (nSPS) is 19.1. The molecule has 0 spiro atoms. The van der Waals surface area contributed by atoms with E-state index in [1.807, 2.05) is 54.6 Å². The van der Waals surface area contributed by atoms with Crippen molar-refractivity contribution in [1.29, 1.82) is 0 Å². The van der Waals surface area contributed by atoms with Crippen molar-refractivity contribution < 1.29 is 19.0 Å². The van der Waals surface area contributed by atoms with Crippen LogP contribution in [0.2, 0.25) is 5.04 Å². The van der Waals surface area contributed by atoms with E-state index in [2.05, 4.69) is 118 Å². The number of benzene rings is 5. The van der Waals surface area contributed by atoms with Gasteiger partial charge in [-0.3, -0.25) is 0 Å². The predicted molar refractivity (Wildman–Crippen MR) is 188 cm³/mol. The number of ether oxygens (including phenoxy) is 2. The third-order valence-corrected chi connectivity index (χ3v) is 14.3. The maximum atomic E-state index is 12.2. The van der Waals surface area contributed by atoms with Crippen LogP contribution in [-0.2, 0) is 19.5 Å². The summed E-state index contributed by atoms with van der Waals surface area (Å²) in [4.78, 5) is 0. The molecular formula is C41H44O4Si. The molecule has 5 aromatic rings. The zero-order chi connectivity index (χ0) is 32.1. The zero-order valence-electron chi connectivity index (χ0n) is 27.0. The van der Waals surface area contributed by atoms with Crippen molar-refractivity contribution in [3.05, 3.63) is 168 Å². The zero-order valence-corrected chi connectivity index (χ0v) is 28.0. The summed E-state index contributed by atoms with van der Waals surface area (Å²) in [7, 11) is -2.82. The van der Waals surface area contributed by atoms with E-state index in [4.69, 9.17) is 13.9 Å². The molecule has 6 rings (SSSR count). The van der Waals surface area contributed by atoms with Crippen LogP contribution in [0.4, 0.5) is 0 Å². The van der Waals surface area contributed by atoms with Crippen molar-refractivity contribution in [3.63, 3.8) is 0 Å². The number of hydrogen-bond acceptors (Lipinski definition) is 4. The van der Waals surface area contributed by atoms with Crippen molar-refractivity contribution in [1.82, 2.24) is 0 Å². The van der Waals surface area contributed by atoms with Crippen LogP contribution in [-0.4, -0.2) is 38.5 Å². The van der Waals surface area contributed by atoms with Gasteiger partial charge in [-0.05, 0) is 38.5 Å². The van der Waals surface area contributed by atoms with E-state index in [9.17, 15) is 5.11 Å². The van der Waals surface area contributed by atoms with Gasteiger partial charge in [0.05, 0.1) is 12.7 Å². The third-order valence-electron chi connectivity index (χ3n) is 9.17. The average molecular weight is 629 g/mol. The van der Waals surface area contributed by atoms with Crippen molar-refractivity contribution >= 4 is 18.7 Å². The van der Waals surface area contributed by atoms with Gasteiger partial charge < -0.3 is 19.0 Å². The Morgan fingerprint density at radius 2 is 1.04 bits per heavy atom. The molecule has 46 heavy (non-hydrogen) atoms. The lowest BCUT2D eigenvalue weighted by Crippen LogP contribution is -2.68. The van der Waals surface area contributed by atoms with Gasteiger partial charge in [0, 0.05) is 6.42 Å². The maximum Gasteiger partial charge on any atom is 0.261 e. The number of rotatable bonds is 10. The van der Waals surface area contributed by atoms with Gasteiger partial charge in [0.15, 0.2) is 5.79 Å². The van der Waals surface area contributed by atoms with E-state index in [1.165, 1.54) is 10.4 Å². The predicted octanol–water partition coefficient (Wildman–Crippen LogP) is 7.44. The molecule has 0 bridgehead atoms. The summed E-state index contributed by atoms with van der Waals surface area (Å²) in [5.41, 5.74) is 1.97. The summed E-state index contributed by atoms with van der Waals surface area (Å²) >= 11 is 0. The van der Waals surface area contributed by atoms with Crippen LogP contribution >= 0.6 is 0 Å². The second-order valence-corrected chi connectivity index (χ2v) is 17.5. The van der Waals surface area contributed by atoms with E-state index in [1.54, 1.807) is 0 Å². The van der Waals surface area contributed by atoms with E-state index in [-0.39, 0.29) is 17.7 Å². The molecule has 5 aromatic carbocycles. The summed E-state index contributed by atoms with van der Waals surface area (Å²) < 4.78 is 20.6. The third kappa shape index (κ3) is 6.26. The van der Waals surface area contributed by atoms with Crippen LogP contribution in [0.5, 0.6) is 0 Å². The largest absolute Gasteiger partial charge is 0.404 e. The smallest absolute Gasteiger partial charge is 0.261 e. The lowest BCUT2D eigenvalue weighted by atomic mass is 9.80. The van der Waals surface area contributed by atoms with Gasteiger partial charge >= 0.3 is 0 Å². The number of aliphatic hydroxyl groups is 1. The topological polar surface area (TPSA) is 47.9 Å². The molecule has 1 saturated heterocycles. The molecule has 4 nitrogen and oxygen atoms in total. The highest BCUT2D eigenvalue weighted by molar-refractivity contribution is 6.99. The van der Waals surface area contributed by atoms with E-state index in [0.29, 0.717) is 19.4 Å². The molecule has 0 saturated carbocycles. The molecule has 0 aromatic heterocycles. The molecule has 0 amide bonds. The summed E-state index contributed by atoms with van der Waals surface area (Å²) in [5, 5.41) is 14.4. The van der Waals surface area contributed by atoms with Gasteiger partial charge in [-0.2, -0.15) is 0 Å². The minimum atomic E-state index is -2.82. The molecule has 236 valence electrons. The van der Waals surface area contributed by atoms with E-state index < -0.39 is 19.7 Å². The van der Waals surface area contributed by atoms with Crippen molar-refractivity contribution in [2.75, 3.05) is 13.2 Å². The van der Waals surface area contributed by atoms with Gasteiger partial charge in [0.2, 0.25) is 0 Å². The Bertz CT molecular complexity index is 1520. The van der Waals surface area contributed by atoms with Crippen molar-refractivity contribution in [3.8, 4) is 0 Å². The van der Waals surface area contributed by atoms with Crippen LogP contribution in [0.25, 0.3) is 0 Å². The molecule has 0 aliphatic carbocycles. The minimum Gasteiger partial charge on any atom is -0.404 e. The summed E-state index contributed by atoms with van der Waals surface area (Å²) in [5.74, 6) is -1.54. The maximum absolute atomic E-state index is 12.2. The lowest BCUT2D eigenvalue weighted by molar-refractivity contribution is -0.274. The van der Waals surface area contributed by atoms with Gasteiger partial charge in [-0.15, -0.1) is 0 Å². The van der Waals surface area contributed by atoms with Crippen molar-refractivity contribution in [2.24, 2.45) is 0 Å². The van der Waals surface area contributed by atoms with Crippen LogP contribution in [0, 0.1) is 0 Å². The first kappa shape index (κ1) is 32.1. The first-order valence-electron chi connectivity index (χ1n) is 16.2. The van der Waals surface area contributed by atoms with Crippen LogP contribution < -0.4 is 10.4 Å². The Hall–Kier alpha value is -3.84.